The molecule has 0 aliphatic rings. The molecular weight excluding hydrogens is 280 g/mol. The van der Waals surface area contributed by atoms with Crippen LogP contribution in [-0.4, -0.2) is 63.7 Å². The summed E-state index contributed by atoms with van der Waals surface area (Å²) in [6.07, 6.45) is 6.12. The minimum atomic E-state index is -0.0107. The van der Waals surface area contributed by atoms with Crippen LogP contribution in [-0.2, 0) is 9.53 Å². The standard InChI is InChI=1S/C16H34N4O2/c1-6-7-8-9-10-14(2)19-16(17-11-12-22-5)18-13-15(21)20(3)4/h14H,6-13H2,1-5H3,(H2,17,18,19). The molecule has 0 saturated heterocycles. The van der Waals surface area contributed by atoms with Gasteiger partial charge in [0.25, 0.3) is 0 Å². The first-order valence-corrected chi connectivity index (χ1v) is 8.25. The fourth-order valence-corrected chi connectivity index (χ4v) is 1.90. The number of likely N-dealkylation sites (N-methyl/N-ethyl adjacent to an activating group) is 1. The first-order chi connectivity index (χ1) is 10.5. The average Bonchev–Trinajstić information content (AvgIpc) is 2.48. The molecule has 0 aliphatic heterocycles. The van der Waals surface area contributed by atoms with E-state index in [0.717, 1.165) is 6.42 Å². The predicted molar refractivity (Wildman–Crippen MR) is 92.2 cm³/mol. The minimum absolute atomic E-state index is 0.0107. The molecule has 1 unspecified atom stereocenters. The summed E-state index contributed by atoms with van der Waals surface area (Å²) < 4.78 is 5.03. The van der Waals surface area contributed by atoms with Crippen LogP contribution in [0.2, 0.25) is 0 Å². The Balaban J connectivity index is 4.31. The Kier molecular flexibility index (Phi) is 12.6. The van der Waals surface area contributed by atoms with Crippen molar-refractivity contribution in [3.05, 3.63) is 0 Å². The predicted octanol–water partition coefficient (Wildman–Crippen LogP) is 1.62. The minimum Gasteiger partial charge on any atom is -0.383 e. The lowest BCUT2D eigenvalue weighted by atomic mass is 10.1. The van der Waals surface area contributed by atoms with Gasteiger partial charge in [0.1, 0.15) is 6.54 Å². The maximum atomic E-state index is 11.6. The molecule has 130 valence electrons. The molecule has 1 amide bonds. The number of guanidine groups is 1. The normalized spacial score (nSPS) is 12.9. The number of carbonyl (C=O) groups is 1. The summed E-state index contributed by atoms with van der Waals surface area (Å²) in [6, 6.07) is 0.333. The van der Waals surface area contributed by atoms with Crippen molar-refractivity contribution < 1.29 is 9.53 Å². The van der Waals surface area contributed by atoms with Gasteiger partial charge in [-0.05, 0) is 13.3 Å². The maximum Gasteiger partial charge on any atom is 0.243 e. The second kappa shape index (κ2) is 13.4. The number of methoxy groups -OCH3 is 1. The molecule has 6 nitrogen and oxygen atoms in total. The molecule has 22 heavy (non-hydrogen) atoms. The van der Waals surface area contributed by atoms with Crippen LogP contribution in [0.5, 0.6) is 0 Å². The number of carbonyl (C=O) groups excluding carboxylic acids is 1. The van der Waals surface area contributed by atoms with Crippen LogP contribution in [0.15, 0.2) is 4.99 Å². The molecule has 0 spiro atoms. The van der Waals surface area contributed by atoms with Gasteiger partial charge in [0, 0.05) is 33.8 Å². The summed E-state index contributed by atoms with van der Waals surface area (Å²) in [4.78, 5) is 17.5. The molecule has 6 heteroatoms. The molecule has 0 heterocycles. The van der Waals surface area contributed by atoms with Gasteiger partial charge < -0.3 is 20.3 Å². The molecule has 2 N–H and O–H groups in total. The van der Waals surface area contributed by atoms with E-state index >= 15 is 0 Å². The number of ether oxygens (including phenoxy) is 1. The van der Waals surface area contributed by atoms with Crippen LogP contribution in [0.25, 0.3) is 0 Å². The fraction of sp³-hybridized carbons (Fsp3) is 0.875. The first-order valence-electron chi connectivity index (χ1n) is 8.25. The van der Waals surface area contributed by atoms with Crippen molar-refractivity contribution >= 4 is 11.9 Å². The third-order valence-corrected chi connectivity index (χ3v) is 3.34. The van der Waals surface area contributed by atoms with Gasteiger partial charge in [0.15, 0.2) is 5.96 Å². The number of aliphatic imine (C=N–C) groups is 1. The highest BCUT2D eigenvalue weighted by Crippen LogP contribution is 2.05. The SMILES string of the molecule is CCCCCCC(C)NC(=NCC(=O)N(C)C)NCCOC. The zero-order valence-electron chi connectivity index (χ0n) is 14.9. The third-order valence-electron chi connectivity index (χ3n) is 3.34. The van der Waals surface area contributed by atoms with E-state index in [-0.39, 0.29) is 12.5 Å². The van der Waals surface area contributed by atoms with Crippen LogP contribution >= 0.6 is 0 Å². The Hall–Kier alpha value is -1.30. The van der Waals surface area contributed by atoms with Crippen molar-refractivity contribution in [1.29, 1.82) is 0 Å². The summed E-state index contributed by atoms with van der Waals surface area (Å²) >= 11 is 0. The van der Waals surface area contributed by atoms with E-state index in [1.807, 2.05) is 0 Å². The fourth-order valence-electron chi connectivity index (χ4n) is 1.90. The number of nitrogens with one attached hydrogen (secondary N) is 2. The van der Waals surface area contributed by atoms with E-state index in [1.165, 1.54) is 25.7 Å². The number of unbranched alkanes of at least 4 members (excludes halogenated alkanes) is 3. The molecular formula is C16H34N4O2. The Morgan fingerprint density at radius 1 is 1.27 bits per heavy atom. The van der Waals surface area contributed by atoms with E-state index in [1.54, 1.807) is 26.1 Å². The number of rotatable bonds is 11. The monoisotopic (exact) mass is 314 g/mol. The number of hydrogen-bond acceptors (Lipinski definition) is 3. The molecule has 1 atom stereocenters. The van der Waals surface area contributed by atoms with E-state index < -0.39 is 0 Å². The Morgan fingerprint density at radius 3 is 2.59 bits per heavy atom. The quantitative estimate of drug-likeness (QED) is 0.345. The summed E-state index contributed by atoms with van der Waals surface area (Å²) in [5.41, 5.74) is 0. The molecule has 0 aromatic rings. The highest BCUT2D eigenvalue weighted by Gasteiger charge is 2.07. The number of amides is 1. The van der Waals surface area contributed by atoms with Crippen LogP contribution in [0, 0.1) is 0 Å². The van der Waals surface area contributed by atoms with E-state index in [9.17, 15) is 4.79 Å². The second-order valence-corrected chi connectivity index (χ2v) is 5.77. The summed E-state index contributed by atoms with van der Waals surface area (Å²) in [6.45, 7) is 5.78. The van der Waals surface area contributed by atoms with Crippen molar-refractivity contribution in [2.24, 2.45) is 4.99 Å². The average molecular weight is 314 g/mol. The summed E-state index contributed by atoms with van der Waals surface area (Å²) in [7, 11) is 5.14. The lowest BCUT2D eigenvalue weighted by Gasteiger charge is -2.18. The van der Waals surface area contributed by atoms with Crippen molar-refractivity contribution in [3.63, 3.8) is 0 Å². The third kappa shape index (κ3) is 11.4. The highest BCUT2D eigenvalue weighted by atomic mass is 16.5. The smallest absolute Gasteiger partial charge is 0.243 e. The van der Waals surface area contributed by atoms with Crippen molar-refractivity contribution in [3.8, 4) is 0 Å². The molecule has 0 fully saturated rings. The van der Waals surface area contributed by atoms with E-state index in [4.69, 9.17) is 4.74 Å². The van der Waals surface area contributed by atoms with Crippen LogP contribution < -0.4 is 10.6 Å². The summed E-state index contributed by atoms with van der Waals surface area (Å²) in [5.74, 6) is 0.665. The lowest BCUT2D eigenvalue weighted by Crippen LogP contribution is -2.44. The highest BCUT2D eigenvalue weighted by molar-refractivity contribution is 5.84. The first kappa shape index (κ1) is 20.7. The molecule has 0 aliphatic carbocycles. The summed E-state index contributed by atoms with van der Waals surface area (Å²) in [5, 5.41) is 6.55. The maximum absolute atomic E-state index is 11.6. The van der Waals surface area contributed by atoms with Crippen molar-refractivity contribution in [2.45, 2.75) is 52.0 Å². The Labute approximate surface area is 135 Å². The second-order valence-electron chi connectivity index (χ2n) is 5.77. The molecule has 0 aromatic heterocycles. The lowest BCUT2D eigenvalue weighted by molar-refractivity contribution is -0.127. The topological polar surface area (TPSA) is 66.0 Å². The van der Waals surface area contributed by atoms with Gasteiger partial charge in [-0.25, -0.2) is 4.99 Å². The van der Waals surface area contributed by atoms with Crippen LogP contribution in [0.4, 0.5) is 0 Å². The van der Waals surface area contributed by atoms with Gasteiger partial charge in [-0.1, -0.05) is 32.6 Å². The van der Waals surface area contributed by atoms with Crippen molar-refractivity contribution in [1.82, 2.24) is 15.5 Å². The van der Waals surface area contributed by atoms with E-state index in [2.05, 4.69) is 29.5 Å². The molecule has 0 saturated carbocycles. The van der Waals surface area contributed by atoms with Gasteiger partial charge in [-0.2, -0.15) is 0 Å². The largest absolute Gasteiger partial charge is 0.383 e. The van der Waals surface area contributed by atoms with Crippen molar-refractivity contribution in [2.75, 3.05) is 40.9 Å². The van der Waals surface area contributed by atoms with E-state index in [0.29, 0.717) is 25.2 Å². The van der Waals surface area contributed by atoms with Gasteiger partial charge in [0.2, 0.25) is 5.91 Å². The number of nitrogens with zero attached hydrogens (tertiary/aromatic N) is 2. The van der Waals surface area contributed by atoms with Gasteiger partial charge in [-0.3, -0.25) is 4.79 Å². The van der Waals surface area contributed by atoms with Gasteiger partial charge in [-0.15, -0.1) is 0 Å². The van der Waals surface area contributed by atoms with Crippen LogP contribution in [0.1, 0.15) is 46.0 Å². The molecule has 0 rings (SSSR count). The van der Waals surface area contributed by atoms with Crippen LogP contribution in [0.3, 0.4) is 0 Å². The molecule has 0 bridgehead atoms. The van der Waals surface area contributed by atoms with Gasteiger partial charge in [0.05, 0.1) is 6.61 Å². The number of hydrogen-bond donors (Lipinski definition) is 2. The Morgan fingerprint density at radius 2 is 2.00 bits per heavy atom. The zero-order valence-corrected chi connectivity index (χ0v) is 14.9. The molecule has 0 aromatic carbocycles. The van der Waals surface area contributed by atoms with Gasteiger partial charge >= 0.3 is 0 Å². The zero-order chi connectivity index (χ0) is 16.8. The Bertz CT molecular complexity index is 319. The molecule has 0 radical (unpaired) electrons.